The van der Waals surface area contributed by atoms with Gasteiger partial charge in [-0.25, -0.2) is 0 Å². The minimum atomic E-state index is -0.206. The second kappa shape index (κ2) is 7.63. The van der Waals surface area contributed by atoms with Gasteiger partial charge in [0.05, 0.1) is 12.2 Å². The molecule has 5 aliphatic rings. The maximum absolute atomic E-state index is 13.1. The van der Waals surface area contributed by atoms with E-state index in [9.17, 15) is 14.4 Å². The molecule has 0 unspecified atom stereocenters. The van der Waals surface area contributed by atoms with Crippen LogP contribution in [0.1, 0.15) is 80.7 Å². The predicted molar refractivity (Wildman–Crippen MR) is 124 cm³/mol. The summed E-state index contributed by atoms with van der Waals surface area (Å²) in [5.41, 5.74) is 1.95. The van der Waals surface area contributed by atoms with E-state index < -0.39 is 0 Å². The second-order valence-electron chi connectivity index (χ2n) is 10.6. The molecule has 33 heavy (non-hydrogen) atoms. The standard InChI is InChI=1S/C28H29NO4/c1-29(8-9-33-28-14-17-10-18(15-28)12-19(11-17)16-28)27(32)20-6-7-23-24(13-20)26(31)22-5-3-2-4-21(22)25(23)30/h2-7,13,17-19H,8-12,14-16H2,1H3. The number of ether oxygens (including phenoxy) is 1. The summed E-state index contributed by atoms with van der Waals surface area (Å²) in [6, 6.07) is 11.7. The first-order valence-corrected chi connectivity index (χ1v) is 12.1. The van der Waals surface area contributed by atoms with Gasteiger partial charge in [0.1, 0.15) is 0 Å². The van der Waals surface area contributed by atoms with E-state index in [0.717, 1.165) is 17.8 Å². The molecule has 0 radical (unpaired) electrons. The topological polar surface area (TPSA) is 63.7 Å². The molecule has 4 saturated carbocycles. The molecule has 0 heterocycles. The maximum Gasteiger partial charge on any atom is 0.253 e. The van der Waals surface area contributed by atoms with Crippen molar-refractivity contribution in [3.63, 3.8) is 0 Å². The highest BCUT2D eigenvalue weighted by atomic mass is 16.5. The number of carbonyl (C=O) groups is 3. The molecule has 5 aliphatic carbocycles. The smallest absolute Gasteiger partial charge is 0.253 e. The normalized spacial score (nSPS) is 29.1. The minimum absolute atomic E-state index is 0.0324. The predicted octanol–water partition coefficient (Wildman–Crippen LogP) is 4.52. The Labute approximate surface area is 194 Å². The molecule has 0 aromatic heterocycles. The Kier molecular flexibility index (Phi) is 4.80. The summed E-state index contributed by atoms with van der Waals surface area (Å²) in [6.45, 7) is 1.04. The van der Waals surface area contributed by atoms with E-state index >= 15 is 0 Å². The van der Waals surface area contributed by atoms with Crippen molar-refractivity contribution in [1.82, 2.24) is 4.90 Å². The summed E-state index contributed by atoms with van der Waals surface area (Å²) in [6.07, 6.45) is 7.68. The van der Waals surface area contributed by atoms with Gasteiger partial charge in [0.25, 0.3) is 5.91 Å². The Morgan fingerprint density at radius 2 is 1.42 bits per heavy atom. The van der Waals surface area contributed by atoms with Crippen LogP contribution in [0, 0.1) is 17.8 Å². The van der Waals surface area contributed by atoms with Crippen molar-refractivity contribution in [1.29, 1.82) is 0 Å². The Hall–Kier alpha value is -2.79. The average molecular weight is 444 g/mol. The van der Waals surface area contributed by atoms with E-state index in [2.05, 4.69) is 0 Å². The molecule has 4 bridgehead atoms. The lowest BCUT2D eigenvalue weighted by molar-refractivity contribution is -0.163. The summed E-state index contributed by atoms with van der Waals surface area (Å²) >= 11 is 0. The van der Waals surface area contributed by atoms with Crippen LogP contribution in [-0.4, -0.2) is 48.2 Å². The fourth-order valence-electron chi connectivity index (χ4n) is 7.16. The van der Waals surface area contributed by atoms with Crippen molar-refractivity contribution >= 4 is 17.5 Å². The molecule has 5 heteroatoms. The number of nitrogens with zero attached hydrogens (tertiary/aromatic N) is 1. The Morgan fingerprint density at radius 1 is 0.879 bits per heavy atom. The van der Waals surface area contributed by atoms with Crippen LogP contribution in [0.4, 0.5) is 0 Å². The molecular weight excluding hydrogens is 414 g/mol. The van der Waals surface area contributed by atoms with E-state index in [1.807, 2.05) is 0 Å². The highest BCUT2D eigenvalue weighted by Crippen LogP contribution is 2.57. The number of fused-ring (bicyclic) bond motifs is 2. The summed E-state index contributed by atoms with van der Waals surface area (Å²) in [5, 5.41) is 0. The molecule has 0 N–H and O–H groups in total. The highest BCUT2D eigenvalue weighted by Gasteiger charge is 2.51. The zero-order valence-corrected chi connectivity index (χ0v) is 19.0. The van der Waals surface area contributed by atoms with Gasteiger partial charge in [0, 0.05) is 41.4 Å². The third-order valence-electron chi connectivity index (χ3n) is 8.34. The molecular formula is C28H29NO4. The van der Waals surface area contributed by atoms with E-state index in [0.29, 0.717) is 41.0 Å². The van der Waals surface area contributed by atoms with Gasteiger partial charge in [0.15, 0.2) is 11.6 Å². The number of hydrogen-bond acceptors (Lipinski definition) is 4. The molecule has 2 aromatic carbocycles. The molecule has 2 aromatic rings. The summed E-state index contributed by atoms with van der Waals surface area (Å²) < 4.78 is 6.47. The lowest BCUT2D eigenvalue weighted by atomic mass is 9.54. The molecule has 0 saturated heterocycles. The molecule has 7 rings (SSSR count). The van der Waals surface area contributed by atoms with E-state index in [1.54, 1.807) is 54.4 Å². The van der Waals surface area contributed by atoms with Crippen molar-refractivity contribution in [2.75, 3.05) is 20.2 Å². The molecule has 170 valence electrons. The van der Waals surface area contributed by atoms with Crippen molar-refractivity contribution in [2.24, 2.45) is 17.8 Å². The highest BCUT2D eigenvalue weighted by molar-refractivity contribution is 6.28. The SMILES string of the molecule is CN(CCOC12CC3CC(CC(C3)C1)C2)C(=O)c1ccc2c(c1)C(=O)c1ccccc1C2=O. The average Bonchev–Trinajstić information content (AvgIpc) is 2.80. The van der Waals surface area contributed by atoms with Crippen LogP contribution in [0.15, 0.2) is 42.5 Å². The number of carbonyl (C=O) groups excluding carboxylic acids is 3. The van der Waals surface area contributed by atoms with Gasteiger partial charge in [-0.05, 0) is 74.5 Å². The van der Waals surface area contributed by atoms with Crippen LogP contribution in [0.5, 0.6) is 0 Å². The maximum atomic E-state index is 13.1. The first kappa shape index (κ1) is 20.8. The van der Waals surface area contributed by atoms with Gasteiger partial charge >= 0.3 is 0 Å². The van der Waals surface area contributed by atoms with Gasteiger partial charge in [-0.2, -0.15) is 0 Å². The van der Waals surface area contributed by atoms with Crippen molar-refractivity contribution in [3.8, 4) is 0 Å². The van der Waals surface area contributed by atoms with E-state index in [4.69, 9.17) is 4.74 Å². The number of likely N-dealkylation sites (N-methyl/N-ethyl adjacent to an activating group) is 1. The fraction of sp³-hybridized carbons (Fsp3) is 0.464. The van der Waals surface area contributed by atoms with Crippen LogP contribution in [0.3, 0.4) is 0 Å². The Bertz CT molecular complexity index is 1130. The van der Waals surface area contributed by atoms with Gasteiger partial charge in [-0.15, -0.1) is 0 Å². The largest absolute Gasteiger partial charge is 0.373 e. The van der Waals surface area contributed by atoms with Gasteiger partial charge in [-0.3, -0.25) is 14.4 Å². The monoisotopic (exact) mass is 443 g/mol. The third-order valence-corrected chi connectivity index (χ3v) is 8.34. The minimum Gasteiger partial charge on any atom is -0.373 e. The summed E-state index contributed by atoms with van der Waals surface area (Å²) in [7, 11) is 1.77. The fourth-order valence-corrected chi connectivity index (χ4v) is 7.16. The lowest BCUT2D eigenvalue weighted by Gasteiger charge is -2.56. The molecule has 0 aliphatic heterocycles. The van der Waals surface area contributed by atoms with Gasteiger partial charge in [-0.1, -0.05) is 24.3 Å². The summed E-state index contributed by atoms with van der Waals surface area (Å²) in [5.74, 6) is 1.95. The molecule has 4 fully saturated rings. The van der Waals surface area contributed by atoms with Crippen LogP contribution in [0.2, 0.25) is 0 Å². The van der Waals surface area contributed by atoms with Crippen molar-refractivity contribution in [2.45, 2.75) is 44.1 Å². The van der Waals surface area contributed by atoms with Crippen LogP contribution in [-0.2, 0) is 4.74 Å². The quantitative estimate of drug-likeness (QED) is 0.582. The van der Waals surface area contributed by atoms with E-state index in [1.165, 1.54) is 38.5 Å². The Morgan fingerprint density at radius 3 is 2.03 bits per heavy atom. The van der Waals surface area contributed by atoms with Crippen LogP contribution < -0.4 is 0 Å². The van der Waals surface area contributed by atoms with Crippen molar-refractivity contribution in [3.05, 3.63) is 70.3 Å². The number of ketones is 2. The zero-order valence-electron chi connectivity index (χ0n) is 19.0. The number of rotatable bonds is 5. The van der Waals surface area contributed by atoms with Crippen LogP contribution >= 0.6 is 0 Å². The first-order chi connectivity index (χ1) is 15.9. The zero-order chi connectivity index (χ0) is 22.7. The molecule has 0 spiro atoms. The lowest BCUT2D eigenvalue weighted by Crippen LogP contribution is -2.52. The van der Waals surface area contributed by atoms with E-state index in [-0.39, 0.29) is 23.1 Å². The van der Waals surface area contributed by atoms with Crippen molar-refractivity contribution < 1.29 is 19.1 Å². The molecule has 0 atom stereocenters. The third kappa shape index (κ3) is 3.45. The summed E-state index contributed by atoms with van der Waals surface area (Å²) in [4.78, 5) is 40.5. The number of benzene rings is 2. The van der Waals surface area contributed by atoms with Crippen LogP contribution in [0.25, 0.3) is 0 Å². The van der Waals surface area contributed by atoms with Gasteiger partial charge < -0.3 is 9.64 Å². The van der Waals surface area contributed by atoms with Gasteiger partial charge in [0.2, 0.25) is 0 Å². The second-order valence-corrected chi connectivity index (χ2v) is 10.6. The number of amides is 1. The number of hydrogen-bond donors (Lipinski definition) is 0. The molecule has 1 amide bonds. The molecule has 5 nitrogen and oxygen atoms in total. The Balaban J connectivity index is 1.14. The first-order valence-electron chi connectivity index (χ1n) is 12.1.